The van der Waals surface area contributed by atoms with Crippen molar-refractivity contribution in [1.29, 1.82) is 0 Å². The van der Waals surface area contributed by atoms with Crippen LogP contribution in [0.5, 0.6) is 5.75 Å². The van der Waals surface area contributed by atoms with E-state index < -0.39 is 23.3 Å². The number of piperidine rings is 1. The van der Waals surface area contributed by atoms with Crippen LogP contribution in [0.4, 0.5) is 5.69 Å². The van der Waals surface area contributed by atoms with E-state index in [0.717, 1.165) is 21.2 Å². The van der Waals surface area contributed by atoms with E-state index in [1.165, 1.54) is 0 Å². The Labute approximate surface area is 166 Å². The lowest BCUT2D eigenvalue weighted by molar-refractivity contribution is -0.139. The van der Waals surface area contributed by atoms with Gasteiger partial charge in [-0.05, 0) is 67.2 Å². The molecule has 0 bridgehead atoms. The summed E-state index contributed by atoms with van der Waals surface area (Å²) >= 11 is -2.70. The van der Waals surface area contributed by atoms with Crippen LogP contribution in [0.15, 0.2) is 48.5 Å². The predicted octanol–water partition coefficient (Wildman–Crippen LogP) is 2.42. The first-order valence-corrected chi connectivity index (χ1v) is 10.1. The molecule has 0 saturated carbocycles. The second kappa shape index (κ2) is 9.18. The maximum atomic E-state index is 11.9. The SMILES string of the molecule is COc1ccc(-c2ccc(N(C(C(=O)O)C3CCNCC3)S(=O)[O-])cc2)cc1. The summed E-state index contributed by atoms with van der Waals surface area (Å²) in [6, 6.07) is 13.3. The molecule has 150 valence electrons. The minimum absolute atomic E-state index is 0.238. The molecule has 0 amide bonds. The molecule has 0 aliphatic carbocycles. The zero-order valence-electron chi connectivity index (χ0n) is 15.5. The van der Waals surface area contributed by atoms with E-state index in [2.05, 4.69) is 5.32 Å². The largest absolute Gasteiger partial charge is 0.755 e. The van der Waals surface area contributed by atoms with Crippen molar-refractivity contribution < 1.29 is 23.4 Å². The average molecular weight is 403 g/mol. The van der Waals surface area contributed by atoms with Gasteiger partial charge in [-0.2, -0.15) is 0 Å². The van der Waals surface area contributed by atoms with Crippen molar-refractivity contribution in [3.8, 4) is 16.9 Å². The van der Waals surface area contributed by atoms with Crippen molar-refractivity contribution in [2.45, 2.75) is 18.9 Å². The van der Waals surface area contributed by atoms with Gasteiger partial charge in [0.2, 0.25) is 0 Å². The van der Waals surface area contributed by atoms with Crippen LogP contribution in [0.3, 0.4) is 0 Å². The highest BCUT2D eigenvalue weighted by atomic mass is 32.2. The zero-order valence-corrected chi connectivity index (χ0v) is 16.4. The first-order chi connectivity index (χ1) is 13.5. The molecule has 2 unspecified atom stereocenters. The molecule has 7 nitrogen and oxygen atoms in total. The molecule has 1 saturated heterocycles. The van der Waals surface area contributed by atoms with Crippen molar-refractivity contribution >= 4 is 22.9 Å². The second-order valence-electron chi connectivity index (χ2n) is 6.69. The number of ether oxygens (including phenoxy) is 1. The highest BCUT2D eigenvalue weighted by Gasteiger charge is 2.35. The molecule has 3 rings (SSSR count). The Hall–Kier alpha value is -2.42. The molecule has 28 heavy (non-hydrogen) atoms. The highest BCUT2D eigenvalue weighted by molar-refractivity contribution is 7.80. The molecule has 2 aromatic carbocycles. The summed E-state index contributed by atoms with van der Waals surface area (Å²) in [5.41, 5.74) is 2.20. The number of carboxylic acid groups (broad SMARTS) is 1. The Kier molecular flexibility index (Phi) is 6.66. The third kappa shape index (κ3) is 4.52. The predicted molar refractivity (Wildman–Crippen MR) is 107 cm³/mol. The monoisotopic (exact) mass is 403 g/mol. The summed E-state index contributed by atoms with van der Waals surface area (Å²) in [6.07, 6.45) is 1.24. The van der Waals surface area contributed by atoms with Gasteiger partial charge in [0.1, 0.15) is 11.8 Å². The van der Waals surface area contributed by atoms with Gasteiger partial charge < -0.3 is 19.7 Å². The third-order valence-electron chi connectivity index (χ3n) is 5.04. The molecule has 1 aliphatic heterocycles. The fourth-order valence-electron chi connectivity index (χ4n) is 3.58. The van der Waals surface area contributed by atoms with E-state index >= 15 is 0 Å². The minimum Gasteiger partial charge on any atom is -0.755 e. The number of methoxy groups -OCH3 is 1. The number of anilines is 1. The summed E-state index contributed by atoms with van der Waals surface area (Å²) in [6.45, 7) is 1.37. The van der Waals surface area contributed by atoms with E-state index in [1.807, 2.05) is 24.3 Å². The lowest BCUT2D eigenvalue weighted by atomic mass is 9.90. The fraction of sp³-hybridized carbons (Fsp3) is 0.350. The van der Waals surface area contributed by atoms with E-state index in [-0.39, 0.29) is 5.92 Å². The first-order valence-electron chi connectivity index (χ1n) is 9.08. The second-order valence-corrected chi connectivity index (χ2v) is 7.52. The summed E-state index contributed by atoms with van der Waals surface area (Å²) in [5, 5.41) is 12.9. The molecule has 0 spiro atoms. The summed E-state index contributed by atoms with van der Waals surface area (Å²) in [7, 11) is 1.60. The van der Waals surface area contributed by atoms with Gasteiger partial charge in [0.15, 0.2) is 0 Å². The van der Waals surface area contributed by atoms with Crippen LogP contribution in [0.1, 0.15) is 12.8 Å². The number of hydrogen-bond donors (Lipinski definition) is 2. The van der Waals surface area contributed by atoms with Gasteiger partial charge in [-0.15, -0.1) is 0 Å². The quantitative estimate of drug-likeness (QED) is 0.689. The van der Waals surface area contributed by atoms with Gasteiger partial charge in [0, 0.05) is 17.0 Å². The molecule has 2 N–H and O–H groups in total. The third-order valence-corrected chi connectivity index (χ3v) is 5.80. The number of hydrogen-bond acceptors (Lipinski definition) is 5. The van der Waals surface area contributed by atoms with Crippen molar-refractivity contribution in [3.05, 3.63) is 48.5 Å². The number of nitrogens with one attached hydrogen (secondary N) is 1. The highest BCUT2D eigenvalue weighted by Crippen LogP contribution is 2.30. The van der Waals surface area contributed by atoms with Gasteiger partial charge in [-0.3, -0.25) is 8.51 Å². The van der Waals surface area contributed by atoms with E-state index in [9.17, 15) is 18.7 Å². The molecule has 0 aromatic heterocycles. The van der Waals surface area contributed by atoms with E-state index in [4.69, 9.17) is 4.74 Å². The Morgan fingerprint density at radius 3 is 2.14 bits per heavy atom. The Morgan fingerprint density at radius 1 is 1.14 bits per heavy atom. The molecule has 8 heteroatoms. The lowest BCUT2D eigenvalue weighted by Gasteiger charge is -2.38. The van der Waals surface area contributed by atoms with Crippen molar-refractivity contribution in [2.24, 2.45) is 5.92 Å². The number of benzene rings is 2. The van der Waals surface area contributed by atoms with Crippen LogP contribution in [0.25, 0.3) is 11.1 Å². The number of carboxylic acids is 1. The van der Waals surface area contributed by atoms with Crippen LogP contribution in [0.2, 0.25) is 0 Å². The van der Waals surface area contributed by atoms with E-state index in [1.54, 1.807) is 31.4 Å². The molecular weight excluding hydrogens is 380 g/mol. The number of aliphatic carboxylic acids is 1. The molecule has 2 atom stereocenters. The Bertz CT molecular complexity index is 819. The zero-order chi connectivity index (χ0) is 20.1. The maximum Gasteiger partial charge on any atom is 0.327 e. The summed E-state index contributed by atoms with van der Waals surface area (Å²) in [5.74, 6) is -0.618. The van der Waals surface area contributed by atoms with Crippen LogP contribution in [-0.2, 0) is 16.1 Å². The van der Waals surface area contributed by atoms with Crippen molar-refractivity contribution in [3.63, 3.8) is 0 Å². The maximum absolute atomic E-state index is 11.9. The number of rotatable bonds is 7. The molecule has 0 radical (unpaired) electrons. The van der Waals surface area contributed by atoms with Crippen molar-refractivity contribution in [1.82, 2.24) is 5.32 Å². The van der Waals surface area contributed by atoms with Gasteiger partial charge in [-0.1, -0.05) is 24.3 Å². The number of nitrogens with zero attached hydrogens (tertiary/aromatic N) is 1. The topological polar surface area (TPSA) is 102 Å². The molecule has 1 heterocycles. The molecule has 2 aromatic rings. The lowest BCUT2D eigenvalue weighted by Crippen LogP contribution is -2.50. The van der Waals surface area contributed by atoms with Crippen LogP contribution in [0, 0.1) is 5.92 Å². The van der Waals surface area contributed by atoms with Gasteiger partial charge in [0.05, 0.1) is 7.11 Å². The molecule has 1 aliphatic rings. The minimum atomic E-state index is -2.70. The van der Waals surface area contributed by atoms with E-state index in [0.29, 0.717) is 31.6 Å². The average Bonchev–Trinajstić information content (AvgIpc) is 2.72. The van der Waals surface area contributed by atoms with Crippen LogP contribution in [-0.4, -0.2) is 46.1 Å². The Morgan fingerprint density at radius 2 is 1.68 bits per heavy atom. The molecule has 1 fully saturated rings. The first kappa shape index (κ1) is 20.3. The van der Waals surface area contributed by atoms with Crippen LogP contribution < -0.4 is 14.4 Å². The van der Waals surface area contributed by atoms with Gasteiger partial charge in [0.25, 0.3) is 0 Å². The number of carbonyl (C=O) groups is 1. The summed E-state index contributed by atoms with van der Waals surface area (Å²) in [4.78, 5) is 11.9. The normalized spacial score (nSPS) is 16.9. The van der Waals surface area contributed by atoms with Crippen LogP contribution >= 0.6 is 0 Å². The Balaban J connectivity index is 1.88. The van der Waals surface area contributed by atoms with Gasteiger partial charge in [-0.25, -0.2) is 4.79 Å². The fourth-order valence-corrected chi connectivity index (χ4v) is 4.32. The summed E-state index contributed by atoms with van der Waals surface area (Å²) < 4.78 is 30.0. The standard InChI is InChI=1S/C20H24N2O5S/c1-27-18-8-4-15(5-9-18)14-2-6-17(7-3-14)22(28(25)26)19(20(23)24)16-10-12-21-13-11-16/h2-9,16,19,21H,10-13H2,1H3,(H,23,24)(H,25,26)/p-1. The van der Waals surface area contributed by atoms with Gasteiger partial charge >= 0.3 is 5.97 Å². The smallest absolute Gasteiger partial charge is 0.327 e. The molecular formula is C20H23N2O5S-. The van der Waals surface area contributed by atoms with Crippen molar-refractivity contribution in [2.75, 3.05) is 24.5 Å².